The first-order chi connectivity index (χ1) is 6.74. The molecule has 0 aromatic heterocycles. The Labute approximate surface area is 101 Å². The molecule has 4 heteroatoms. The number of ether oxygens (including phenoxy) is 3. The average Bonchev–Trinajstić information content (AvgIpc) is 2.24. The van der Waals surface area contributed by atoms with E-state index in [-0.39, 0.29) is 0 Å². The van der Waals surface area contributed by atoms with Crippen LogP contribution in [0.25, 0.3) is 0 Å². The van der Waals surface area contributed by atoms with Gasteiger partial charge in [0.2, 0.25) is 0 Å². The molecule has 0 aromatic rings. The van der Waals surface area contributed by atoms with Crippen LogP contribution in [0.5, 0.6) is 0 Å². The monoisotopic (exact) mass is 316 g/mol. The van der Waals surface area contributed by atoms with Crippen LogP contribution < -0.4 is 0 Å². The molecule has 0 aliphatic carbocycles. The highest BCUT2D eigenvalue weighted by atomic mass is 127. The van der Waals surface area contributed by atoms with Crippen molar-refractivity contribution in [2.75, 3.05) is 25.8 Å². The molecule has 0 amide bonds. The van der Waals surface area contributed by atoms with Crippen LogP contribution in [-0.2, 0) is 14.2 Å². The zero-order valence-corrected chi connectivity index (χ0v) is 11.5. The van der Waals surface area contributed by atoms with Gasteiger partial charge in [0, 0.05) is 27.8 Å². The summed E-state index contributed by atoms with van der Waals surface area (Å²) in [6, 6.07) is 0. The Bertz CT molecular complexity index is 118. The van der Waals surface area contributed by atoms with Gasteiger partial charge in [-0.05, 0) is 17.3 Å². The van der Waals surface area contributed by atoms with E-state index in [2.05, 4.69) is 22.6 Å². The molecule has 0 atom stereocenters. The number of rotatable bonds is 9. The summed E-state index contributed by atoms with van der Waals surface area (Å²) in [5.41, 5.74) is 0. The van der Waals surface area contributed by atoms with Gasteiger partial charge in [0.25, 0.3) is 5.97 Å². The summed E-state index contributed by atoms with van der Waals surface area (Å²) in [6.07, 6.45) is 5.64. The largest absolute Gasteiger partial charge is 0.331 e. The maximum atomic E-state index is 5.20. The number of hydrogen-bond donors (Lipinski definition) is 0. The fourth-order valence-electron chi connectivity index (χ4n) is 1.35. The van der Waals surface area contributed by atoms with E-state index >= 15 is 0 Å². The Morgan fingerprint density at radius 3 is 1.79 bits per heavy atom. The third-order valence-electron chi connectivity index (χ3n) is 2.30. The molecular weight excluding hydrogens is 295 g/mol. The Kier molecular flexibility index (Phi) is 9.27. The number of methoxy groups -OCH3 is 3. The molecule has 86 valence electrons. The first-order valence-electron chi connectivity index (χ1n) is 4.96. The van der Waals surface area contributed by atoms with Crippen LogP contribution >= 0.6 is 22.6 Å². The van der Waals surface area contributed by atoms with Gasteiger partial charge in [0.05, 0.1) is 0 Å². The molecule has 0 N–H and O–H groups in total. The minimum atomic E-state index is -0.829. The lowest BCUT2D eigenvalue weighted by molar-refractivity contribution is -0.355. The van der Waals surface area contributed by atoms with Crippen LogP contribution in [0.2, 0.25) is 0 Å². The minimum Gasteiger partial charge on any atom is -0.331 e. The zero-order chi connectivity index (χ0) is 10.9. The third kappa shape index (κ3) is 5.48. The molecule has 0 aromatic carbocycles. The van der Waals surface area contributed by atoms with Gasteiger partial charge in [-0.2, -0.15) is 0 Å². The molecule has 0 spiro atoms. The van der Waals surface area contributed by atoms with Crippen molar-refractivity contribution in [3.05, 3.63) is 0 Å². The standard InChI is InChI=1S/C10H21IO3/c1-12-10(13-2,14-3)8-6-4-5-7-9-11/h4-9H2,1-3H3. The summed E-state index contributed by atoms with van der Waals surface area (Å²) in [7, 11) is 4.83. The molecule has 0 heterocycles. The molecule has 0 aliphatic heterocycles. The highest BCUT2D eigenvalue weighted by molar-refractivity contribution is 14.1. The Hall–Kier alpha value is 0.610. The lowest BCUT2D eigenvalue weighted by Gasteiger charge is -2.28. The van der Waals surface area contributed by atoms with E-state index in [9.17, 15) is 0 Å². The fraction of sp³-hybridized carbons (Fsp3) is 1.00. The summed E-state index contributed by atoms with van der Waals surface area (Å²) < 4.78 is 16.8. The van der Waals surface area contributed by atoms with Crippen molar-refractivity contribution in [2.45, 2.75) is 38.1 Å². The second-order valence-electron chi connectivity index (χ2n) is 3.15. The van der Waals surface area contributed by atoms with E-state index in [1.807, 2.05) is 0 Å². The zero-order valence-electron chi connectivity index (χ0n) is 9.35. The van der Waals surface area contributed by atoms with Gasteiger partial charge in [-0.25, -0.2) is 0 Å². The van der Waals surface area contributed by atoms with Crippen molar-refractivity contribution in [2.24, 2.45) is 0 Å². The van der Waals surface area contributed by atoms with Gasteiger partial charge in [-0.1, -0.05) is 35.4 Å². The highest BCUT2D eigenvalue weighted by Crippen LogP contribution is 2.20. The first-order valence-corrected chi connectivity index (χ1v) is 6.48. The quantitative estimate of drug-likeness (QED) is 0.283. The van der Waals surface area contributed by atoms with E-state index in [1.54, 1.807) is 21.3 Å². The third-order valence-corrected chi connectivity index (χ3v) is 3.06. The van der Waals surface area contributed by atoms with Crippen LogP contribution in [0.1, 0.15) is 32.1 Å². The average molecular weight is 316 g/mol. The number of halogens is 1. The molecule has 0 aliphatic rings. The molecule has 0 bridgehead atoms. The number of hydrogen-bond acceptors (Lipinski definition) is 3. The van der Waals surface area contributed by atoms with Gasteiger partial charge in [-0.15, -0.1) is 0 Å². The van der Waals surface area contributed by atoms with Crippen LogP contribution in [0.4, 0.5) is 0 Å². The maximum absolute atomic E-state index is 5.20. The SMILES string of the molecule is COC(CCCCCCI)(OC)OC. The van der Waals surface area contributed by atoms with Crippen LogP contribution in [0, 0.1) is 0 Å². The van der Waals surface area contributed by atoms with Gasteiger partial charge < -0.3 is 14.2 Å². The lowest BCUT2D eigenvalue weighted by Crippen LogP contribution is -2.35. The lowest BCUT2D eigenvalue weighted by atomic mass is 10.1. The van der Waals surface area contributed by atoms with Crippen molar-refractivity contribution < 1.29 is 14.2 Å². The normalized spacial score (nSPS) is 12.0. The van der Waals surface area contributed by atoms with Crippen molar-refractivity contribution in [3.8, 4) is 0 Å². The highest BCUT2D eigenvalue weighted by Gasteiger charge is 2.28. The molecule has 0 fully saturated rings. The first kappa shape index (κ1) is 14.6. The summed E-state index contributed by atoms with van der Waals surface area (Å²) >= 11 is 2.40. The second kappa shape index (κ2) is 8.88. The molecule has 0 unspecified atom stereocenters. The van der Waals surface area contributed by atoms with Crippen molar-refractivity contribution in [3.63, 3.8) is 0 Å². The van der Waals surface area contributed by atoms with Gasteiger partial charge in [-0.3, -0.25) is 0 Å². The minimum absolute atomic E-state index is 0.789. The van der Waals surface area contributed by atoms with E-state index in [1.165, 1.54) is 23.7 Å². The van der Waals surface area contributed by atoms with Crippen LogP contribution in [0.3, 0.4) is 0 Å². The van der Waals surface area contributed by atoms with E-state index in [4.69, 9.17) is 14.2 Å². The van der Waals surface area contributed by atoms with Crippen LogP contribution in [-0.4, -0.2) is 31.7 Å². The Morgan fingerprint density at radius 1 is 0.857 bits per heavy atom. The van der Waals surface area contributed by atoms with Gasteiger partial charge in [0.1, 0.15) is 0 Å². The second-order valence-corrected chi connectivity index (χ2v) is 4.23. The predicted molar refractivity (Wildman–Crippen MR) is 65.7 cm³/mol. The topological polar surface area (TPSA) is 27.7 Å². The molecule has 0 saturated heterocycles. The number of unbranched alkanes of at least 4 members (excludes halogenated alkanes) is 3. The Balaban J connectivity index is 3.61. The van der Waals surface area contributed by atoms with E-state index < -0.39 is 5.97 Å². The molecular formula is C10H21IO3. The van der Waals surface area contributed by atoms with E-state index in [0.29, 0.717) is 0 Å². The van der Waals surface area contributed by atoms with E-state index in [0.717, 1.165) is 12.8 Å². The fourth-order valence-corrected chi connectivity index (χ4v) is 1.89. The summed E-state index contributed by atoms with van der Waals surface area (Å²) in [5.74, 6) is -0.829. The molecule has 0 radical (unpaired) electrons. The summed E-state index contributed by atoms with van der Waals surface area (Å²) in [4.78, 5) is 0. The molecule has 14 heavy (non-hydrogen) atoms. The molecule has 0 rings (SSSR count). The van der Waals surface area contributed by atoms with Crippen molar-refractivity contribution >= 4 is 22.6 Å². The predicted octanol–water partition coefficient (Wildman–Crippen LogP) is 2.96. The van der Waals surface area contributed by atoms with Gasteiger partial charge in [0.15, 0.2) is 0 Å². The number of alkyl halides is 1. The summed E-state index contributed by atoms with van der Waals surface area (Å²) in [6.45, 7) is 0. The molecule has 0 saturated carbocycles. The summed E-state index contributed by atoms with van der Waals surface area (Å²) in [5, 5.41) is 0. The smallest absolute Gasteiger partial charge is 0.282 e. The maximum Gasteiger partial charge on any atom is 0.282 e. The van der Waals surface area contributed by atoms with Gasteiger partial charge >= 0.3 is 0 Å². The Morgan fingerprint density at radius 2 is 1.36 bits per heavy atom. The van der Waals surface area contributed by atoms with Crippen molar-refractivity contribution in [1.29, 1.82) is 0 Å². The van der Waals surface area contributed by atoms with Crippen LogP contribution in [0.15, 0.2) is 0 Å². The molecule has 3 nitrogen and oxygen atoms in total. The van der Waals surface area contributed by atoms with Crippen molar-refractivity contribution in [1.82, 2.24) is 0 Å².